The molecule has 0 aromatic carbocycles. The highest BCUT2D eigenvalue weighted by molar-refractivity contribution is 4.73. The maximum Gasteiger partial charge on any atom is 0.261 e. The SMILES string of the molecule is CCNC(CCOCC(F)F)CC1CCOCC1. The standard InChI is InChI=1S/C13H25F2NO2/c1-2-16-12(5-8-18-10-13(14)15)9-11-3-6-17-7-4-11/h11-13,16H,2-10H2,1H3. The molecule has 0 aliphatic carbocycles. The summed E-state index contributed by atoms with van der Waals surface area (Å²) in [5.41, 5.74) is 0. The van der Waals surface area contributed by atoms with Gasteiger partial charge in [-0.2, -0.15) is 0 Å². The van der Waals surface area contributed by atoms with Gasteiger partial charge < -0.3 is 14.8 Å². The molecule has 1 N–H and O–H groups in total. The van der Waals surface area contributed by atoms with E-state index < -0.39 is 13.0 Å². The van der Waals surface area contributed by atoms with Crippen LogP contribution in [0.4, 0.5) is 8.78 Å². The zero-order chi connectivity index (χ0) is 13.2. The zero-order valence-electron chi connectivity index (χ0n) is 11.2. The summed E-state index contributed by atoms with van der Waals surface area (Å²) >= 11 is 0. The van der Waals surface area contributed by atoms with E-state index in [0.717, 1.165) is 45.4 Å². The summed E-state index contributed by atoms with van der Waals surface area (Å²) in [5.74, 6) is 0.692. The Balaban J connectivity index is 2.16. The van der Waals surface area contributed by atoms with E-state index in [1.165, 1.54) is 0 Å². The molecule has 1 saturated heterocycles. The second-order valence-electron chi connectivity index (χ2n) is 4.80. The predicted molar refractivity (Wildman–Crippen MR) is 67.1 cm³/mol. The van der Waals surface area contributed by atoms with E-state index in [9.17, 15) is 8.78 Å². The second-order valence-corrected chi connectivity index (χ2v) is 4.80. The van der Waals surface area contributed by atoms with Crippen LogP contribution >= 0.6 is 0 Å². The summed E-state index contributed by atoms with van der Waals surface area (Å²) in [6.45, 7) is 4.64. The molecule has 1 aliphatic heterocycles. The monoisotopic (exact) mass is 265 g/mol. The highest BCUT2D eigenvalue weighted by Crippen LogP contribution is 2.21. The summed E-state index contributed by atoms with van der Waals surface area (Å²) in [6, 6.07) is 0.371. The number of nitrogens with one attached hydrogen (secondary N) is 1. The number of ether oxygens (including phenoxy) is 2. The average molecular weight is 265 g/mol. The Hall–Kier alpha value is -0.260. The maximum absolute atomic E-state index is 11.9. The van der Waals surface area contributed by atoms with Gasteiger partial charge in [-0.3, -0.25) is 0 Å². The fraction of sp³-hybridized carbons (Fsp3) is 1.00. The van der Waals surface area contributed by atoms with Crippen molar-refractivity contribution in [2.24, 2.45) is 5.92 Å². The Kier molecular flexibility index (Phi) is 8.46. The minimum Gasteiger partial charge on any atom is -0.381 e. The molecule has 1 heterocycles. The second kappa shape index (κ2) is 9.64. The number of alkyl halides is 2. The zero-order valence-corrected chi connectivity index (χ0v) is 11.2. The molecule has 0 spiro atoms. The van der Waals surface area contributed by atoms with Gasteiger partial charge in [0.1, 0.15) is 6.61 Å². The van der Waals surface area contributed by atoms with Crippen molar-refractivity contribution in [3.8, 4) is 0 Å². The molecule has 0 bridgehead atoms. The van der Waals surface area contributed by atoms with Crippen LogP contribution in [0.1, 0.15) is 32.6 Å². The molecular formula is C13H25F2NO2. The summed E-state index contributed by atoms with van der Waals surface area (Å²) in [5, 5.41) is 3.41. The highest BCUT2D eigenvalue weighted by atomic mass is 19.3. The Morgan fingerprint density at radius 2 is 2.06 bits per heavy atom. The van der Waals surface area contributed by atoms with Crippen LogP contribution in [-0.2, 0) is 9.47 Å². The summed E-state index contributed by atoms with van der Waals surface area (Å²) in [7, 11) is 0. The minimum atomic E-state index is -2.36. The quantitative estimate of drug-likeness (QED) is 0.650. The van der Waals surface area contributed by atoms with Gasteiger partial charge in [0.2, 0.25) is 0 Å². The predicted octanol–water partition coefficient (Wildman–Crippen LogP) is 2.45. The first-order valence-electron chi connectivity index (χ1n) is 6.89. The smallest absolute Gasteiger partial charge is 0.261 e. The third-order valence-corrected chi connectivity index (χ3v) is 3.31. The summed E-state index contributed by atoms with van der Waals surface area (Å²) in [6.07, 6.45) is 1.75. The van der Waals surface area contributed by atoms with Gasteiger partial charge in [-0.1, -0.05) is 6.92 Å². The van der Waals surface area contributed by atoms with Crippen LogP contribution in [0.5, 0.6) is 0 Å². The average Bonchev–Trinajstić information content (AvgIpc) is 2.36. The number of hydrogen-bond donors (Lipinski definition) is 1. The lowest BCUT2D eigenvalue weighted by atomic mass is 9.91. The fourth-order valence-corrected chi connectivity index (χ4v) is 2.37. The van der Waals surface area contributed by atoms with E-state index in [1.807, 2.05) is 0 Å². The molecule has 1 aliphatic rings. The minimum absolute atomic E-state index is 0.371. The molecule has 5 heteroatoms. The van der Waals surface area contributed by atoms with E-state index in [0.29, 0.717) is 18.6 Å². The largest absolute Gasteiger partial charge is 0.381 e. The molecule has 3 nitrogen and oxygen atoms in total. The Labute approximate surface area is 108 Å². The molecule has 18 heavy (non-hydrogen) atoms. The Bertz CT molecular complexity index is 199. The number of hydrogen-bond acceptors (Lipinski definition) is 3. The Morgan fingerprint density at radius 3 is 2.67 bits per heavy atom. The van der Waals surface area contributed by atoms with Crippen LogP contribution < -0.4 is 5.32 Å². The molecule has 0 saturated carbocycles. The van der Waals surface area contributed by atoms with Crippen molar-refractivity contribution < 1.29 is 18.3 Å². The number of halogens is 2. The molecule has 1 atom stereocenters. The molecule has 108 valence electrons. The van der Waals surface area contributed by atoms with Gasteiger partial charge in [0.05, 0.1) is 0 Å². The van der Waals surface area contributed by atoms with Gasteiger partial charge in [0, 0.05) is 25.9 Å². The van der Waals surface area contributed by atoms with Crippen molar-refractivity contribution in [1.82, 2.24) is 5.32 Å². The van der Waals surface area contributed by atoms with Crippen molar-refractivity contribution in [1.29, 1.82) is 0 Å². The first-order chi connectivity index (χ1) is 8.72. The van der Waals surface area contributed by atoms with E-state index in [-0.39, 0.29) is 0 Å². The van der Waals surface area contributed by atoms with Gasteiger partial charge in [-0.05, 0) is 38.1 Å². The van der Waals surface area contributed by atoms with Gasteiger partial charge >= 0.3 is 0 Å². The molecule has 0 aromatic rings. The van der Waals surface area contributed by atoms with Crippen molar-refractivity contribution in [2.45, 2.75) is 45.1 Å². The van der Waals surface area contributed by atoms with Crippen molar-refractivity contribution in [3.05, 3.63) is 0 Å². The molecule has 0 amide bonds. The summed E-state index contributed by atoms with van der Waals surface area (Å²) in [4.78, 5) is 0. The van der Waals surface area contributed by atoms with Crippen molar-refractivity contribution in [2.75, 3.05) is 33.0 Å². The van der Waals surface area contributed by atoms with Crippen LogP contribution in [0.2, 0.25) is 0 Å². The molecule has 0 radical (unpaired) electrons. The highest BCUT2D eigenvalue weighted by Gasteiger charge is 2.18. The topological polar surface area (TPSA) is 30.5 Å². The van der Waals surface area contributed by atoms with Crippen LogP contribution in [0.3, 0.4) is 0 Å². The van der Waals surface area contributed by atoms with E-state index in [4.69, 9.17) is 9.47 Å². The molecule has 0 aromatic heterocycles. The Morgan fingerprint density at radius 1 is 1.33 bits per heavy atom. The lowest BCUT2D eigenvalue weighted by Gasteiger charge is -2.27. The third-order valence-electron chi connectivity index (χ3n) is 3.31. The van der Waals surface area contributed by atoms with Crippen LogP contribution in [-0.4, -0.2) is 45.4 Å². The third kappa shape index (κ3) is 7.24. The van der Waals surface area contributed by atoms with Crippen molar-refractivity contribution in [3.63, 3.8) is 0 Å². The van der Waals surface area contributed by atoms with Gasteiger partial charge in [-0.15, -0.1) is 0 Å². The van der Waals surface area contributed by atoms with Gasteiger partial charge in [-0.25, -0.2) is 8.78 Å². The van der Waals surface area contributed by atoms with E-state index >= 15 is 0 Å². The maximum atomic E-state index is 11.9. The molecule has 1 unspecified atom stereocenters. The van der Waals surface area contributed by atoms with Crippen LogP contribution in [0.15, 0.2) is 0 Å². The first kappa shape index (κ1) is 15.8. The first-order valence-corrected chi connectivity index (χ1v) is 6.89. The normalized spacial score (nSPS) is 19.3. The van der Waals surface area contributed by atoms with Gasteiger partial charge in [0.15, 0.2) is 0 Å². The molecular weight excluding hydrogens is 240 g/mol. The van der Waals surface area contributed by atoms with Gasteiger partial charge in [0.25, 0.3) is 6.43 Å². The lowest BCUT2D eigenvalue weighted by molar-refractivity contribution is 0.0124. The van der Waals surface area contributed by atoms with Crippen molar-refractivity contribution >= 4 is 0 Å². The number of rotatable bonds is 9. The van der Waals surface area contributed by atoms with E-state index in [2.05, 4.69) is 12.2 Å². The molecule has 1 fully saturated rings. The fourth-order valence-electron chi connectivity index (χ4n) is 2.37. The van der Waals surface area contributed by atoms with Crippen LogP contribution in [0.25, 0.3) is 0 Å². The van der Waals surface area contributed by atoms with Crippen LogP contribution in [0, 0.1) is 5.92 Å². The molecule has 1 rings (SSSR count). The lowest BCUT2D eigenvalue weighted by Crippen LogP contribution is -2.33. The van der Waals surface area contributed by atoms with E-state index in [1.54, 1.807) is 0 Å². The summed E-state index contributed by atoms with van der Waals surface area (Å²) < 4.78 is 34.1.